The first-order chi connectivity index (χ1) is 9.60. The maximum absolute atomic E-state index is 12.4. The third kappa shape index (κ3) is 3.54. The standard InChI is InChI=1S/C15H16ClN3O/c1-3-19(10-12-5-4-6-13(16)7-12)15(20)14-9-17-11(2)8-18-14/h4-9H,3,10H2,1-2H3. The molecule has 2 aromatic rings. The number of rotatable bonds is 4. The summed E-state index contributed by atoms with van der Waals surface area (Å²) in [6.45, 7) is 4.88. The van der Waals surface area contributed by atoms with Crippen molar-refractivity contribution in [2.45, 2.75) is 20.4 Å². The zero-order valence-corrected chi connectivity index (χ0v) is 12.3. The molecule has 5 heteroatoms. The predicted octanol–water partition coefficient (Wildman–Crippen LogP) is 3.10. The van der Waals surface area contributed by atoms with Gasteiger partial charge in [0.1, 0.15) is 5.69 Å². The topological polar surface area (TPSA) is 46.1 Å². The molecule has 0 atom stereocenters. The van der Waals surface area contributed by atoms with Crippen LogP contribution in [0.5, 0.6) is 0 Å². The average Bonchev–Trinajstić information content (AvgIpc) is 2.45. The van der Waals surface area contributed by atoms with E-state index in [9.17, 15) is 4.79 Å². The van der Waals surface area contributed by atoms with Gasteiger partial charge in [-0.2, -0.15) is 0 Å². The highest BCUT2D eigenvalue weighted by Gasteiger charge is 2.16. The first kappa shape index (κ1) is 14.5. The molecule has 0 N–H and O–H groups in total. The molecule has 20 heavy (non-hydrogen) atoms. The lowest BCUT2D eigenvalue weighted by Crippen LogP contribution is -2.31. The van der Waals surface area contributed by atoms with E-state index in [4.69, 9.17) is 11.6 Å². The molecule has 0 aliphatic heterocycles. The van der Waals surface area contributed by atoms with Gasteiger partial charge in [-0.1, -0.05) is 23.7 Å². The Morgan fingerprint density at radius 1 is 1.30 bits per heavy atom. The van der Waals surface area contributed by atoms with Crippen LogP contribution in [0.4, 0.5) is 0 Å². The van der Waals surface area contributed by atoms with Gasteiger partial charge >= 0.3 is 0 Å². The molecule has 2 rings (SSSR count). The van der Waals surface area contributed by atoms with E-state index >= 15 is 0 Å². The van der Waals surface area contributed by atoms with Gasteiger partial charge in [0, 0.05) is 24.3 Å². The molecular weight excluding hydrogens is 274 g/mol. The first-order valence-electron chi connectivity index (χ1n) is 6.42. The first-order valence-corrected chi connectivity index (χ1v) is 6.80. The fourth-order valence-electron chi connectivity index (χ4n) is 1.85. The Morgan fingerprint density at radius 3 is 2.70 bits per heavy atom. The zero-order chi connectivity index (χ0) is 14.5. The molecule has 0 spiro atoms. The molecule has 0 saturated heterocycles. The minimum Gasteiger partial charge on any atom is -0.333 e. The van der Waals surface area contributed by atoms with Gasteiger partial charge in [-0.15, -0.1) is 0 Å². The molecule has 1 amide bonds. The normalized spacial score (nSPS) is 10.3. The van der Waals surface area contributed by atoms with Crippen molar-refractivity contribution < 1.29 is 4.79 Å². The van der Waals surface area contributed by atoms with Gasteiger partial charge in [-0.25, -0.2) is 4.98 Å². The van der Waals surface area contributed by atoms with E-state index in [0.717, 1.165) is 11.3 Å². The quantitative estimate of drug-likeness (QED) is 0.869. The van der Waals surface area contributed by atoms with E-state index in [1.54, 1.807) is 11.1 Å². The third-order valence-corrected chi connectivity index (χ3v) is 3.17. The number of carbonyl (C=O) groups is 1. The summed E-state index contributed by atoms with van der Waals surface area (Å²) in [4.78, 5) is 22.3. The number of amides is 1. The lowest BCUT2D eigenvalue weighted by molar-refractivity contribution is 0.0746. The molecule has 1 heterocycles. The predicted molar refractivity (Wildman–Crippen MR) is 78.6 cm³/mol. The van der Waals surface area contributed by atoms with Crippen molar-refractivity contribution in [2.75, 3.05) is 6.54 Å². The van der Waals surface area contributed by atoms with Crippen LogP contribution < -0.4 is 0 Å². The lowest BCUT2D eigenvalue weighted by atomic mass is 10.2. The second-order valence-corrected chi connectivity index (χ2v) is 4.93. The van der Waals surface area contributed by atoms with Crippen LogP contribution in [0.1, 0.15) is 28.7 Å². The molecule has 4 nitrogen and oxygen atoms in total. The summed E-state index contributed by atoms with van der Waals surface area (Å²) < 4.78 is 0. The molecule has 0 radical (unpaired) electrons. The highest BCUT2D eigenvalue weighted by atomic mass is 35.5. The Kier molecular flexibility index (Phi) is 4.69. The highest BCUT2D eigenvalue weighted by Crippen LogP contribution is 2.13. The average molecular weight is 290 g/mol. The van der Waals surface area contributed by atoms with E-state index in [2.05, 4.69) is 9.97 Å². The van der Waals surface area contributed by atoms with Crippen LogP contribution in [0.3, 0.4) is 0 Å². The second kappa shape index (κ2) is 6.48. The number of carbonyl (C=O) groups excluding carboxylic acids is 1. The van der Waals surface area contributed by atoms with E-state index < -0.39 is 0 Å². The van der Waals surface area contributed by atoms with Crippen molar-refractivity contribution >= 4 is 17.5 Å². The number of aryl methyl sites for hydroxylation is 1. The molecule has 1 aromatic heterocycles. The van der Waals surface area contributed by atoms with Crippen molar-refractivity contribution in [1.29, 1.82) is 0 Å². The van der Waals surface area contributed by atoms with Crippen LogP contribution in [0, 0.1) is 6.92 Å². The Morgan fingerprint density at radius 2 is 2.10 bits per heavy atom. The molecule has 0 saturated carbocycles. The molecule has 0 aliphatic rings. The fraction of sp³-hybridized carbons (Fsp3) is 0.267. The molecule has 0 bridgehead atoms. The number of hydrogen-bond donors (Lipinski definition) is 0. The van der Waals surface area contributed by atoms with Gasteiger partial charge < -0.3 is 4.90 Å². The van der Waals surface area contributed by atoms with Gasteiger partial charge in [-0.05, 0) is 31.5 Å². The number of aromatic nitrogens is 2. The van der Waals surface area contributed by atoms with Crippen molar-refractivity contribution in [2.24, 2.45) is 0 Å². The van der Waals surface area contributed by atoms with Crippen molar-refractivity contribution in [3.05, 3.63) is 58.6 Å². The number of nitrogens with zero attached hydrogens (tertiary/aromatic N) is 3. The highest BCUT2D eigenvalue weighted by molar-refractivity contribution is 6.30. The summed E-state index contributed by atoms with van der Waals surface area (Å²) in [5.74, 6) is -0.125. The van der Waals surface area contributed by atoms with Crippen LogP contribution in [0.25, 0.3) is 0 Å². The number of halogens is 1. The summed E-state index contributed by atoms with van der Waals surface area (Å²) in [5.41, 5.74) is 2.15. The smallest absolute Gasteiger partial charge is 0.274 e. The molecule has 0 aliphatic carbocycles. The summed E-state index contributed by atoms with van der Waals surface area (Å²) >= 11 is 5.96. The van der Waals surface area contributed by atoms with Crippen LogP contribution >= 0.6 is 11.6 Å². The summed E-state index contributed by atoms with van der Waals surface area (Å²) in [5, 5.41) is 0.668. The maximum Gasteiger partial charge on any atom is 0.274 e. The van der Waals surface area contributed by atoms with Crippen LogP contribution in [-0.2, 0) is 6.54 Å². The summed E-state index contributed by atoms with van der Waals surface area (Å²) in [7, 11) is 0. The van der Waals surface area contributed by atoms with E-state index in [0.29, 0.717) is 23.8 Å². The Labute approximate surface area is 123 Å². The van der Waals surface area contributed by atoms with Crippen LogP contribution in [-0.4, -0.2) is 27.3 Å². The monoisotopic (exact) mass is 289 g/mol. The van der Waals surface area contributed by atoms with Crippen LogP contribution in [0.15, 0.2) is 36.7 Å². The second-order valence-electron chi connectivity index (χ2n) is 4.49. The Bertz CT molecular complexity index is 598. The maximum atomic E-state index is 12.4. The molecule has 1 aromatic carbocycles. The van der Waals surface area contributed by atoms with Crippen molar-refractivity contribution in [3.63, 3.8) is 0 Å². The molecule has 0 unspecified atom stereocenters. The number of benzene rings is 1. The summed E-state index contributed by atoms with van der Waals surface area (Å²) in [6, 6.07) is 7.50. The summed E-state index contributed by atoms with van der Waals surface area (Å²) in [6.07, 6.45) is 3.11. The Hall–Kier alpha value is -1.94. The molecule has 104 valence electrons. The van der Waals surface area contributed by atoms with Gasteiger partial charge in [-0.3, -0.25) is 9.78 Å². The molecule has 0 fully saturated rings. The minimum atomic E-state index is -0.125. The fourth-order valence-corrected chi connectivity index (χ4v) is 2.06. The van der Waals surface area contributed by atoms with Gasteiger partial charge in [0.25, 0.3) is 5.91 Å². The van der Waals surface area contributed by atoms with Crippen molar-refractivity contribution in [1.82, 2.24) is 14.9 Å². The largest absolute Gasteiger partial charge is 0.333 e. The zero-order valence-electron chi connectivity index (χ0n) is 11.5. The van der Waals surface area contributed by atoms with E-state index in [1.807, 2.05) is 38.1 Å². The van der Waals surface area contributed by atoms with E-state index in [-0.39, 0.29) is 5.91 Å². The van der Waals surface area contributed by atoms with Gasteiger partial charge in [0.2, 0.25) is 0 Å². The number of hydrogen-bond acceptors (Lipinski definition) is 3. The SMILES string of the molecule is CCN(Cc1cccc(Cl)c1)C(=O)c1cnc(C)cn1. The van der Waals surface area contributed by atoms with Gasteiger partial charge in [0.15, 0.2) is 0 Å². The van der Waals surface area contributed by atoms with Crippen LogP contribution in [0.2, 0.25) is 5.02 Å². The van der Waals surface area contributed by atoms with Gasteiger partial charge in [0.05, 0.1) is 11.9 Å². The van der Waals surface area contributed by atoms with E-state index in [1.165, 1.54) is 6.20 Å². The molecular formula is C15H16ClN3O. The van der Waals surface area contributed by atoms with Crippen molar-refractivity contribution in [3.8, 4) is 0 Å². The lowest BCUT2D eigenvalue weighted by Gasteiger charge is -2.20. The minimum absolute atomic E-state index is 0.125. The third-order valence-electron chi connectivity index (χ3n) is 2.93. The Balaban J connectivity index is 2.15.